The van der Waals surface area contributed by atoms with Crippen molar-refractivity contribution in [2.45, 2.75) is 13.1 Å². The molecule has 11 heteroatoms. The second-order valence-corrected chi connectivity index (χ2v) is 6.09. The zero-order chi connectivity index (χ0) is 22.1. The van der Waals surface area contributed by atoms with Crippen LogP contribution in [0.1, 0.15) is 17.3 Å². The van der Waals surface area contributed by atoms with E-state index in [0.717, 1.165) is 35.0 Å². The van der Waals surface area contributed by atoms with E-state index in [2.05, 4.69) is 10.3 Å². The summed E-state index contributed by atoms with van der Waals surface area (Å²) in [5.41, 5.74) is -1.74. The molecule has 0 saturated heterocycles. The number of esters is 1. The van der Waals surface area contributed by atoms with Crippen molar-refractivity contribution >= 4 is 22.8 Å². The molecule has 0 aliphatic carbocycles. The molecule has 0 bridgehead atoms. The standard InChI is InChI=1S/C19H14F5N3O3/c1-2-30-18(29)12-8-27(14-5-3-10(20)7-13(14)21)17-11(16(12)28)4-6-15(26-17)25-9-19(22,23)24/h3-8H,2,9H2,1H3,(H,25,26). The molecule has 2 aromatic heterocycles. The first kappa shape index (κ1) is 21.2. The average Bonchev–Trinajstić information content (AvgIpc) is 2.67. The van der Waals surface area contributed by atoms with Gasteiger partial charge in [-0.2, -0.15) is 13.2 Å². The minimum Gasteiger partial charge on any atom is -0.462 e. The third-order valence-corrected chi connectivity index (χ3v) is 3.99. The van der Waals surface area contributed by atoms with Crippen LogP contribution in [0.4, 0.5) is 27.8 Å². The fourth-order valence-electron chi connectivity index (χ4n) is 2.71. The van der Waals surface area contributed by atoms with Crippen LogP contribution in [0.3, 0.4) is 0 Å². The lowest BCUT2D eigenvalue weighted by Crippen LogP contribution is -2.23. The molecule has 0 fully saturated rings. The molecule has 0 aliphatic heterocycles. The summed E-state index contributed by atoms with van der Waals surface area (Å²) in [7, 11) is 0. The number of hydrogen-bond acceptors (Lipinski definition) is 5. The number of halogens is 5. The Labute approximate surface area is 165 Å². The zero-order valence-corrected chi connectivity index (χ0v) is 15.4. The van der Waals surface area contributed by atoms with Crippen LogP contribution in [0.5, 0.6) is 0 Å². The lowest BCUT2D eigenvalue weighted by Gasteiger charge is -2.15. The Bertz CT molecular complexity index is 1170. The molecule has 0 amide bonds. The Morgan fingerprint density at radius 1 is 1.20 bits per heavy atom. The largest absolute Gasteiger partial charge is 0.462 e. The van der Waals surface area contributed by atoms with Gasteiger partial charge in [-0.3, -0.25) is 9.36 Å². The van der Waals surface area contributed by atoms with Crippen molar-refractivity contribution in [3.05, 3.63) is 63.9 Å². The summed E-state index contributed by atoms with van der Waals surface area (Å²) >= 11 is 0. The molecule has 30 heavy (non-hydrogen) atoms. The van der Waals surface area contributed by atoms with Gasteiger partial charge in [-0.15, -0.1) is 0 Å². The van der Waals surface area contributed by atoms with E-state index in [-0.39, 0.29) is 29.1 Å². The van der Waals surface area contributed by atoms with Crippen molar-refractivity contribution in [2.75, 3.05) is 18.5 Å². The first-order valence-corrected chi connectivity index (χ1v) is 8.60. The number of aromatic nitrogens is 2. The van der Waals surface area contributed by atoms with Gasteiger partial charge in [-0.25, -0.2) is 18.6 Å². The number of benzene rings is 1. The zero-order valence-electron chi connectivity index (χ0n) is 15.4. The van der Waals surface area contributed by atoms with Gasteiger partial charge in [-0.1, -0.05) is 0 Å². The van der Waals surface area contributed by atoms with Gasteiger partial charge in [0, 0.05) is 12.3 Å². The van der Waals surface area contributed by atoms with Gasteiger partial charge < -0.3 is 10.1 Å². The topological polar surface area (TPSA) is 73.2 Å². The summed E-state index contributed by atoms with van der Waals surface area (Å²) in [5.74, 6) is -3.11. The molecule has 1 N–H and O–H groups in total. The van der Waals surface area contributed by atoms with Crippen LogP contribution >= 0.6 is 0 Å². The Morgan fingerprint density at radius 2 is 1.93 bits per heavy atom. The maximum absolute atomic E-state index is 14.4. The average molecular weight is 427 g/mol. The number of alkyl halides is 3. The fourth-order valence-corrected chi connectivity index (χ4v) is 2.71. The number of anilines is 1. The summed E-state index contributed by atoms with van der Waals surface area (Å²) in [4.78, 5) is 28.8. The number of carbonyl (C=O) groups is 1. The first-order valence-electron chi connectivity index (χ1n) is 8.60. The van der Waals surface area contributed by atoms with Crippen molar-refractivity contribution in [3.8, 4) is 5.69 Å². The highest BCUT2D eigenvalue weighted by Gasteiger charge is 2.27. The van der Waals surface area contributed by atoms with Gasteiger partial charge in [0.05, 0.1) is 17.7 Å². The molecule has 0 atom stereocenters. The van der Waals surface area contributed by atoms with Crippen molar-refractivity contribution < 1.29 is 31.5 Å². The highest BCUT2D eigenvalue weighted by molar-refractivity contribution is 5.93. The third kappa shape index (κ3) is 4.39. The van der Waals surface area contributed by atoms with E-state index in [1.165, 1.54) is 6.92 Å². The highest BCUT2D eigenvalue weighted by atomic mass is 19.4. The van der Waals surface area contributed by atoms with Gasteiger partial charge >= 0.3 is 12.1 Å². The number of nitrogens with one attached hydrogen (secondary N) is 1. The second-order valence-electron chi connectivity index (χ2n) is 6.09. The van der Waals surface area contributed by atoms with Crippen LogP contribution in [0.2, 0.25) is 0 Å². The lowest BCUT2D eigenvalue weighted by molar-refractivity contribution is -0.115. The summed E-state index contributed by atoms with van der Waals surface area (Å²) in [6.45, 7) is 0.110. The number of nitrogens with zero attached hydrogens (tertiary/aromatic N) is 2. The quantitative estimate of drug-likeness (QED) is 0.495. The Balaban J connectivity index is 2.26. The molecule has 1 aromatic carbocycles. The molecule has 0 radical (unpaired) electrons. The van der Waals surface area contributed by atoms with E-state index in [0.29, 0.717) is 6.07 Å². The van der Waals surface area contributed by atoms with E-state index in [4.69, 9.17) is 4.74 Å². The van der Waals surface area contributed by atoms with Crippen molar-refractivity contribution in [3.63, 3.8) is 0 Å². The van der Waals surface area contributed by atoms with Gasteiger partial charge in [0.25, 0.3) is 0 Å². The molecule has 6 nitrogen and oxygen atoms in total. The first-order chi connectivity index (χ1) is 14.1. The van der Waals surface area contributed by atoms with Gasteiger partial charge in [-0.05, 0) is 31.2 Å². The Hall–Kier alpha value is -3.50. The molecule has 2 heterocycles. The minimum atomic E-state index is -4.52. The van der Waals surface area contributed by atoms with Gasteiger partial charge in [0.15, 0.2) is 5.65 Å². The van der Waals surface area contributed by atoms with Crippen LogP contribution in [0.25, 0.3) is 16.7 Å². The molecule has 3 aromatic rings. The van der Waals surface area contributed by atoms with Crippen LogP contribution < -0.4 is 10.7 Å². The summed E-state index contributed by atoms with van der Waals surface area (Å²) in [5, 5.41) is 1.89. The molecule has 0 saturated carbocycles. The molecule has 3 rings (SSSR count). The van der Waals surface area contributed by atoms with Gasteiger partial charge in [0.2, 0.25) is 5.43 Å². The maximum Gasteiger partial charge on any atom is 0.405 e. The lowest BCUT2D eigenvalue weighted by atomic mass is 10.1. The van der Waals surface area contributed by atoms with Crippen molar-refractivity contribution in [1.82, 2.24) is 9.55 Å². The number of carbonyl (C=O) groups excluding carboxylic acids is 1. The predicted octanol–water partition coefficient (Wildman–Crippen LogP) is 3.81. The Kier molecular flexibility index (Phi) is 5.72. The number of ether oxygens (including phenoxy) is 1. The second kappa shape index (κ2) is 8.09. The number of hydrogen-bond donors (Lipinski definition) is 1. The summed E-state index contributed by atoms with van der Waals surface area (Å²) in [6.07, 6.45) is -3.56. The number of rotatable bonds is 5. The van der Waals surface area contributed by atoms with E-state index >= 15 is 0 Å². The SMILES string of the molecule is CCOC(=O)c1cn(-c2ccc(F)cc2F)c2nc(NCC(F)(F)F)ccc2c1=O. The van der Waals surface area contributed by atoms with Crippen molar-refractivity contribution in [2.24, 2.45) is 0 Å². The third-order valence-electron chi connectivity index (χ3n) is 3.99. The molecular formula is C19H14F5N3O3. The van der Waals surface area contributed by atoms with E-state index < -0.39 is 41.3 Å². The molecule has 158 valence electrons. The number of pyridine rings is 2. The monoisotopic (exact) mass is 427 g/mol. The van der Waals surface area contributed by atoms with Crippen molar-refractivity contribution in [1.29, 1.82) is 0 Å². The van der Waals surface area contributed by atoms with Crippen LogP contribution in [-0.2, 0) is 4.74 Å². The highest BCUT2D eigenvalue weighted by Crippen LogP contribution is 2.22. The summed E-state index contributed by atoms with van der Waals surface area (Å²) in [6, 6.07) is 4.84. The normalized spacial score (nSPS) is 11.5. The Morgan fingerprint density at radius 3 is 2.57 bits per heavy atom. The molecule has 0 spiro atoms. The molecule has 0 aliphatic rings. The maximum atomic E-state index is 14.4. The van der Waals surface area contributed by atoms with Crippen LogP contribution in [0, 0.1) is 11.6 Å². The number of fused-ring (bicyclic) bond motifs is 1. The van der Waals surface area contributed by atoms with E-state index in [1.807, 2.05) is 0 Å². The smallest absolute Gasteiger partial charge is 0.405 e. The predicted molar refractivity (Wildman–Crippen MR) is 97.8 cm³/mol. The van der Waals surface area contributed by atoms with Crippen LogP contribution in [-0.4, -0.2) is 34.8 Å². The fraction of sp³-hybridized carbons (Fsp3) is 0.211. The van der Waals surface area contributed by atoms with E-state index in [1.54, 1.807) is 0 Å². The van der Waals surface area contributed by atoms with Gasteiger partial charge in [0.1, 0.15) is 29.6 Å². The molecule has 0 unspecified atom stereocenters. The van der Waals surface area contributed by atoms with E-state index in [9.17, 15) is 31.5 Å². The molecular weight excluding hydrogens is 413 g/mol. The summed E-state index contributed by atoms with van der Waals surface area (Å²) < 4.78 is 71.0. The minimum absolute atomic E-state index is 0.0280. The van der Waals surface area contributed by atoms with Crippen LogP contribution in [0.15, 0.2) is 41.3 Å².